The first kappa shape index (κ1) is 11.4. The van der Waals surface area contributed by atoms with Crippen molar-refractivity contribution in [1.82, 2.24) is 19.5 Å². The van der Waals surface area contributed by atoms with Gasteiger partial charge in [0.25, 0.3) is 0 Å². The Bertz CT molecular complexity index is 929. The van der Waals surface area contributed by atoms with Gasteiger partial charge in [0.2, 0.25) is 0 Å². The van der Waals surface area contributed by atoms with Crippen molar-refractivity contribution in [2.45, 2.75) is 0 Å². The summed E-state index contributed by atoms with van der Waals surface area (Å²) in [6.45, 7) is 0. The third-order valence-electron chi connectivity index (χ3n) is 3.27. The summed E-state index contributed by atoms with van der Waals surface area (Å²) in [5.74, 6) is 0.801. The number of fused-ring (bicyclic) bond motifs is 2. The van der Waals surface area contributed by atoms with Gasteiger partial charge < -0.3 is 0 Å². The Kier molecular flexibility index (Phi) is 2.44. The molecule has 0 fully saturated rings. The highest BCUT2D eigenvalue weighted by atomic mass is 35.5. The van der Waals surface area contributed by atoms with E-state index in [9.17, 15) is 0 Å². The largest absolute Gasteiger partial charge is 0.300 e. The molecular formula is C15H9ClN4. The molecule has 4 nitrogen and oxygen atoms in total. The Balaban J connectivity index is 1.97. The van der Waals surface area contributed by atoms with Crippen molar-refractivity contribution in [3.8, 4) is 5.82 Å². The second-order valence-electron chi connectivity index (χ2n) is 4.49. The van der Waals surface area contributed by atoms with Crippen LogP contribution < -0.4 is 0 Å². The van der Waals surface area contributed by atoms with Gasteiger partial charge >= 0.3 is 0 Å². The lowest BCUT2D eigenvalue weighted by molar-refractivity contribution is 1.04. The van der Waals surface area contributed by atoms with Crippen molar-refractivity contribution in [3.05, 3.63) is 60.3 Å². The van der Waals surface area contributed by atoms with E-state index in [1.807, 2.05) is 41.2 Å². The molecule has 0 unspecified atom stereocenters. The Morgan fingerprint density at radius 2 is 1.95 bits per heavy atom. The fourth-order valence-corrected chi connectivity index (χ4v) is 2.44. The molecule has 5 heteroatoms. The molecule has 0 saturated heterocycles. The standard InChI is InChI=1S/C15H9ClN4/c16-14-2-1-11-8-18-15(7-12(11)19-14)20-6-4-10-3-5-17-9-13(10)20/h1-9H. The number of aromatic nitrogens is 4. The minimum Gasteiger partial charge on any atom is -0.300 e. The molecule has 4 aromatic heterocycles. The van der Waals surface area contributed by atoms with E-state index in [0.29, 0.717) is 5.15 Å². The Morgan fingerprint density at radius 1 is 1.00 bits per heavy atom. The van der Waals surface area contributed by atoms with Crippen LogP contribution in [0.2, 0.25) is 5.15 Å². The van der Waals surface area contributed by atoms with E-state index in [4.69, 9.17) is 11.6 Å². The molecule has 0 aliphatic heterocycles. The molecule has 0 aliphatic rings. The van der Waals surface area contributed by atoms with Crippen LogP contribution in [0.4, 0.5) is 0 Å². The summed E-state index contributed by atoms with van der Waals surface area (Å²) in [6.07, 6.45) is 7.38. The van der Waals surface area contributed by atoms with Gasteiger partial charge in [0.15, 0.2) is 0 Å². The highest BCUT2D eigenvalue weighted by molar-refractivity contribution is 6.29. The van der Waals surface area contributed by atoms with Crippen molar-refractivity contribution in [2.24, 2.45) is 0 Å². The van der Waals surface area contributed by atoms with E-state index in [-0.39, 0.29) is 0 Å². The number of nitrogens with zero attached hydrogens (tertiary/aromatic N) is 4. The lowest BCUT2D eigenvalue weighted by atomic mass is 10.2. The zero-order valence-electron chi connectivity index (χ0n) is 10.4. The maximum absolute atomic E-state index is 5.94. The molecule has 20 heavy (non-hydrogen) atoms. The predicted octanol–water partition coefficient (Wildman–Crippen LogP) is 3.62. The number of halogens is 1. The van der Waals surface area contributed by atoms with Gasteiger partial charge in [-0.15, -0.1) is 0 Å². The summed E-state index contributed by atoms with van der Waals surface area (Å²) in [5, 5.41) is 2.57. The molecule has 0 amide bonds. The van der Waals surface area contributed by atoms with E-state index in [1.165, 1.54) is 0 Å². The fourth-order valence-electron chi connectivity index (χ4n) is 2.29. The SMILES string of the molecule is Clc1ccc2cnc(-n3ccc4ccncc43)cc2n1. The van der Waals surface area contributed by atoms with Crippen molar-refractivity contribution in [1.29, 1.82) is 0 Å². The summed E-state index contributed by atoms with van der Waals surface area (Å²) in [5.41, 5.74) is 1.84. The lowest BCUT2D eigenvalue weighted by Gasteiger charge is -2.05. The van der Waals surface area contributed by atoms with Crippen LogP contribution in [0.5, 0.6) is 0 Å². The van der Waals surface area contributed by atoms with Crippen molar-refractivity contribution in [2.75, 3.05) is 0 Å². The summed E-state index contributed by atoms with van der Waals surface area (Å²) in [4.78, 5) is 13.0. The molecule has 4 rings (SSSR count). The molecule has 0 bridgehead atoms. The molecule has 0 aliphatic carbocycles. The van der Waals surface area contributed by atoms with Crippen LogP contribution in [0.3, 0.4) is 0 Å². The molecule has 96 valence electrons. The highest BCUT2D eigenvalue weighted by Gasteiger charge is 2.06. The quantitative estimate of drug-likeness (QED) is 0.500. The summed E-state index contributed by atoms with van der Waals surface area (Å²) < 4.78 is 1.99. The van der Waals surface area contributed by atoms with Crippen LogP contribution in [-0.4, -0.2) is 19.5 Å². The first-order valence-electron chi connectivity index (χ1n) is 6.15. The van der Waals surface area contributed by atoms with Gasteiger partial charge in [-0.2, -0.15) is 0 Å². The average Bonchev–Trinajstić information content (AvgIpc) is 2.90. The average molecular weight is 281 g/mol. The summed E-state index contributed by atoms with van der Waals surface area (Å²) in [6, 6.07) is 9.61. The normalized spacial score (nSPS) is 11.2. The number of hydrogen-bond donors (Lipinski definition) is 0. The van der Waals surface area contributed by atoms with Crippen LogP contribution in [0.1, 0.15) is 0 Å². The topological polar surface area (TPSA) is 43.6 Å². The Labute approximate surface area is 119 Å². The van der Waals surface area contributed by atoms with Crippen LogP contribution >= 0.6 is 11.6 Å². The van der Waals surface area contributed by atoms with Gasteiger partial charge in [-0.3, -0.25) is 9.55 Å². The monoisotopic (exact) mass is 280 g/mol. The molecule has 0 aromatic carbocycles. The fraction of sp³-hybridized carbons (Fsp3) is 0. The molecule has 4 aromatic rings. The third-order valence-corrected chi connectivity index (χ3v) is 3.48. The minimum atomic E-state index is 0.480. The van der Waals surface area contributed by atoms with E-state index in [2.05, 4.69) is 15.0 Å². The number of pyridine rings is 3. The smallest absolute Gasteiger partial charge is 0.139 e. The summed E-state index contributed by atoms with van der Waals surface area (Å²) >= 11 is 5.94. The van der Waals surface area contributed by atoms with Crippen LogP contribution in [-0.2, 0) is 0 Å². The Hall–Kier alpha value is -2.46. The Morgan fingerprint density at radius 3 is 2.90 bits per heavy atom. The maximum Gasteiger partial charge on any atom is 0.139 e. The van der Waals surface area contributed by atoms with E-state index in [1.54, 1.807) is 18.5 Å². The second kappa shape index (κ2) is 4.28. The summed E-state index contributed by atoms with van der Waals surface area (Å²) in [7, 11) is 0. The third kappa shape index (κ3) is 1.73. The van der Waals surface area contributed by atoms with Gasteiger partial charge in [0, 0.05) is 35.4 Å². The van der Waals surface area contributed by atoms with Crippen molar-refractivity contribution < 1.29 is 0 Å². The lowest BCUT2D eigenvalue weighted by Crippen LogP contribution is -1.96. The van der Waals surface area contributed by atoms with Crippen molar-refractivity contribution in [3.63, 3.8) is 0 Å². The number of rotatable bonds is 1. The maximum atomic E-state index is 5.94. The van der Waals surface area contributed by atoms with E-state index < -0.39 is 0 Å². The van der Waals surface area contributed by atoms with Gasteiger partial charge in [-0.25, -0.2) is 9.97 Å². The zero-order valence-corrected chi connectivity index (χ0v) is 11.1. The number of hydrogen-bond acceptors (Lipinski definition) is 3. The minimum absolute atomic E-state index is 0.480. The molecular weight excluding hydrogens is 272 g/mol. The first-order chi connectivity index (χ1) is 9.81. The van der Waals surface area contributed by atoms with Gasteiger partial charge in [0.1, 0.15) is 11.0 Å². The predicted molar refractivity (Wildman–Crippen MR) is 79.2 cm³/mol. The molecule has 4 heterocycles. The highest BCUT2D eigenvalue weighted by Crippen LogP contribution is 2.21. The van der Waals surface area contributed by atoms with E-state index >= 15 is 0 Å². The second-order valence-corrected chi connectivity index (χ2v) is 4.88. The molecule has 0 spiro atoms. The molecule has 0 atom stereocenters. The van der Waals surface area contributed by atoms with E-state index in [0.717, 1.165) is 27.6 Å². The van der Waals surface area contributed by atoms with Crippen LogP contribution in [0.25, 0.3) is 27.6 Å². The molecule has 0 N–H and O–H groups in total. The molecule has 0 saturated carbocycles. The van der Waals surface area contributed by atoms with Gasteiger partial charge in [-0.05, 0) is 24.3 Å². The van der Waals surface area contributed by atoms with Crippen molar-refractivity contribution >= 4 is 33.4 Å². The first-order valence-corrected chi connectivity index (χ1v) is 6.53. The van der Waals surface area contributed by atoms with Crippen LogP contribution in [0, 0.1) is 0 Å². The molecule has 0 radical (unpaired) electrons. The zero-order chi connectivity index (χ0) is 13.5. The van der Waals surface area contributed by atoms with Crippen LogP contribution in [0.15, 0.2) is 55.1 Å². The van der Waals surface area contributed by atoms with Gasteiger partial charge in [-0.1, -0.05) is 11.6 Å². The van der Waals surface area contributed by atoms with Gasteiger partial charge in [0.05, 0.1) is 17.2 Å².